The molecular formula is C17H14Cl2N2O4. The number of morpholine rings is 1. The van der Waals surface area contributed by atoms with Crippen LogP contribution in [0.25, 0.3) is 0 Å². The number of carbonyl (C=O) groups is 1. The fourth-order valence-electron chi connectivity index (χ4n) is 2.77. The Morgan fingerprint density at radius 2 is 1.72 bits per heavy atom. The molecule has 0 spiro atoms. The molecule has 2 aromatic rings. The van der Waals surface area contributed by atoms with Gasteiger partial charge in [-0.3, -0.25) is 14.9 Å². The number of hydrogen-bond acceptors (Lipinski definition) is 5. The average Bonchev–Trinajstić information content (AvgIpc) is 2.61. The minimum Gasteiger partial charge on any atom is -0.378 e. The van der Waals surface area contributed by atoms with Crippen LogP contribution < -0.4 is 4.90 Å². The van der Waals surface area contributed by atoms with Crippen molar-refractivity contribution >= 4 is 40.4 Å². The number of ether oxygens (including phenoxy) is 1. The van der Waals surface area contributed by atoms with Gasteiger partial charge in [-0.1, -0.05) is 23.2 Å². The third-order valence-corrected chi connectivity index (χ3v) is 4.40. The average molecular weight is 381 g/mol. The molecule has 0 unspecified atom stereocenters. The first-order chi connectivity index (χ1) is 12.0. The lowest BCUT2D eigenvalue weighted by Crippen LogP contribution is -2.37. The maximum atomic E-state index is 13.0. The number of nitro benzene ring substituents is 1. The molecule has 0 bridgehead atoms. The van der Waals surface area contributed by atoms with Gasteiger partial charge in [-0.25, -0.2) is 0 Å². The van der Waals surface area contributed by atoms with Crippen molar-refractivity contribution in [3.05, 3.63) is 67.7 Å². The predicted octanol–water partition coefficient (Wildman–Crippen LogP) is 3.97. The second-order valence-electron chi connectivity index (χ2n) is 5.51. The lowest BCUT2D eigenvalue weighted by molar-refractivity contribution is -0.384. The molecular weight excluding hydrogens is 367 g/mol. The molecule has 6 nitrogen and oxygen atoms in total. The summed E-state index contributed by atoms with van der Waals surface area (Å²) < 4.78 is 5.31. The van der Waals surface area contributed by atoms with Crippen molar-refractivity contribution in [1.29, 1.82) is 0 Å². The van der Waals surface area contributed by atoms with Gasteiger partial charge in [0.2, 0.25) is 0 Å². The second-order valence-corrected chi connectivity index (χ2v) is 6.39. The van der Waals surface area contributed by atoms with E-state index in [9.17, 15) is 14.9 Å². The van der Waals surface area contributed by atoms with E-state index in [0.29, 0.717) is 36.9 Å². The van der Waals surface area contributed by atoms with Gasteiger partial charge >= 0.3 is 0 Å². The zero-order chi connectivity index (χ0) is 18.0. The fraction of sp³-hybridized carbons (Fsp3) is 0.235. The van der Waals surface area contributed by atoms with Crippen LogP contribution in [0, 0.1) is 10.1 Å². The van der Waals surface area contributed by atoms with Gasteiger partial charge < -0.3 is 9.64 Å². The first-order valence-electron chi connectivity index (χ1n) is 7.58. The largest absolute Gasteiger partial charge is 0.378 e. The Hall–Kier alpha value is -2.15. The highest BCUT2D eigenvalue weighted by Gasteiger charge is 2.29. The van der Waals surface area contributed by atoms with E-state index in [1.807, 2.05) is 0 Å². The summed E-state index contributed by atoms with van der Waals surface area (Å²) in [6.45, 7) is 1.80. The van der Waals surface area contributed by atoms with E-state index in [1.54, 1.807) is 29.2 Å². The smallest absolute Gasteiger partial charge is 0.294 e. The van der Waals surface area contributed by atoms with Crippen LogP contribution in [0.2, 0.25) is 10.0 Å². The summed E-state index contributed by atoms with van der Waals surface area (Å²) in [5, 5.41) is 12.2. The highest BCUT2D eigenvalue weighted by Crippen LogP contribution is 2.37. The van der Waals surface area contributed by atoms with Crippen LogP contribution in [0.15, 0.2) is 36.4 Å². The lowest BCUT2D eigenvalue weighted by atomic mass is 9.99. The van der Waals surface area contributed by atoms with Gasteiger partial charge in [-0.05, 0) is 30.3 Å². The van der Waals surface area contributed by atoms with Crippen molar-refractivity contribution in [2.45, 2.75) is 0 Å². The number of ketones is 1. The van der Waals surface area contributed by atoms with E-state index in [-0.39, 0.29) is 27.7 Å². The number of anilines is 1. The highest BCUT2D eigenvalue weighted by atomic mass is 35.5. The molecule has 1 saturated heterocycles. The maximum Gasteiger partial charge on any atom is 0.294 e. The molecule has 0 atom stereocenters. The summed E-state index contributed by atoms with van der Waals surface area (Å²) >= 11 is 11.9. The second kappa shape index (κ2) is 7.39. The van der Waals surface area contributed by atoms with Crippen LogP contribution in [-0.2, 0) is 4.74 Å². The summed E-state index contributed by atoms with van der Waals surface area (Å²) in [7, 11) is 0. The van der Waals surface area contributed by atoms with Crippen LogP contribution >= 0.6 is 23.2 Å². The maximum absolute atomic E-state index is 13.0. The molecule has 1 aliphatic rings. The fourth-order valence-corrected chi connectivity index (χ4v) is 3.11. The third kappa shape index (κ3) is 3.76. The molecule has 1 aliphatic heterocycles. The molecule has 0 N–H and O–H groups in total. The van der Waals surface area contributed by atoms with E-state index >= 15 is 0 Å². The van der Waals surface area contributed by atoms with E-state index in [2.05, 4.69) is 0 Å². The van der Waals surface area contributed by atoms with Gasteiger partial charge in [0.05, 0.1) is 23.7 Å². The number of carbonyl (C=O) groups excluding carboxylic acids is 1. The number of nitro groups is 1. The first-order valence-corrected chi connectivity index (χ1v) is 8.34. The molecule has 0 saturated carbocycles. The standard InChI is InChI=1S/C17H14Cl2N2O4/c18-12-3-1-11(2-4-12)17(22)14-9-13(19)10-15(21(23)24)16(14)20-5-7-25-8-6-20/h1-4,9-10H,5-8H2. The van der Waals surface area contributed by atoms with Gasteiger partial charge in [-0.15, -0.1) is 0 Å². The van der Waals surface area contributed by atoms with Crippen molar-refractivity contribution in [3.8, 4) is 0 Å². The Bertz CT molecular complexity index is 818. The van der Waals surface area contributed by atoms with Gasteiger partial charge in [-0.2, -0.15) is 0 Å². The lowest BCUT2D eigenvalue weighted by Gasteiger charge is -2.30. The molecule has 2 aromatic carbocycles. The quantitative estimate of drug-likeness (QED) is 0.455. The van der Waals surface area contributed by atoms with E-state index in [4.69, 9.17) is 27.9 Å². The topological polar surface area (TPSA) is 72.7 Å². The Balaban J connectivity index is 2.14. The number of rotatable bonds is 4. The summed E-state index contributed by atoms with van der Waals surface area (Å²) in [4.78, 5) is 25.8. The number of nitrogens with zero attached hydrogens (tertiary/aromatic N) is 2. The van der Waals surface area contributed by atoms with Crippen LogP contribution in [0.4, 0.5) is 11.4 Å². The van der Waals surface area contributed by atoms with Crippen molar-refractivity contribution in [1.82, 2.24) is 0 Å². The number of hydrogen-bond donors (Lipinski definition) is 0. The van der Waals surface area contributed by atoms with Gasteiger partial charge in [0.15, 0.2) is 5.78 Å². The minimum absolute atomic E-state index is 0.140. The Labute approximate surface area is 154 Å². The zero-order valence-electron chi connectivity index (χ0n) is 13.1. The molecule has 130 valence electrons. The molecule has 8 heteroatoms. The molecule has 0 aromatic heterocycles. The monoisotopic (exact) mass is 380 g/mol. The van der Waals surface area contributed by atoms with Crippen molar-refractivity contribution in [2.75, 3.05) is 31.2 Å². The molecule has 0 radical (unpaired) electrons. The molecule has 0 amide bonds. The van der Waals surface area contributed by atoms with Crippen molar-refractivity contribution in [2.24, 2.45) is 0 Å². The van der Waals surface area contributed by atoms with Gasteiger partial charge in [0.1, 0.15) is 5.69 Å². The Morgan fingerprint density at radius 3 is 2.32 bits per heavy atom. The van der Waals surface area contributed by atoms with Crippen molar-refractivity contribution in [3.63, 3.8) is 0 Å². The molecule has 1 fully saturated rings. The summed E-state index contributed by atoms with van der Waals surface area (Å²) in [5.74, 6) is -0.344. The highest BCUT2D eigenvalue weighted by molar-refractivity contribution is 6.32. The van der Waals surface area contributed by atoms with Crippen LogP contribution in [0.5, 0.6) is 0 Å². The molecule has 25 heavy (non-hydrogen) atoms. The number of halogens is 2. The van der Waals surface area contributed by atoms with Crippen LogP contribution in [0.1, 0.15) is 15.9 Å². The molecule has 0 aliphatic carbocycles. The van der Waals surface area contributed by atoms with Gasteiger partial charge in [0, 0.05) is 34.8 Å². The first kappa shape index (κ1) is 17.7. The molecule has 3 rings (SSSR count). The summed E-state index contributed by atoms with van der Waals surface area (Å²) in [6, 6.07) is 9.10. The minimum atomic E-state index is -0.519. The predicted molar refractivity (Wildman–Crippen MR) is 96.0 cm³/mol. The Kier molecular flexibility index (Phi) is 5.22. The normalized spacial score (nSPS) is 14.4. The van der Waals surface area contributed by atoms with E-state index < -0.39 is 4.92 Å². The molecule has 1 heterocycles. The third-order valence-electron chi connectivity index (χ3n) is 3.93. The number of benzene rings is 2. The SMILES string of the molecule is O=C(c1ccc(Cl)cc1)c1cc(Cl)cc([N+](=O)[O-])c1N1CCOCC1. The van der Waals surface area contributed by atoms with Crippen LogP contribution in [-0.4, -0.2) is 37.0 Å². The zero-order valence-corrected chi connectivity index (χ0v) is 14.6. The van der Waals surface area contributed by atoms with E-state index in [0.717, 1.165) is 0 Å². The van der Waals surface area contributed by atoms with Gasteiger partial charge in [0.25, 0.3) is 5.69 Å². The van der Waals surface area contributed by atoms with Crippen LogP contribution in [0.3, 0.4) is 0 Å². The van der Waals surface area contributed by atoms with Crippen molar-refractivity contribution < 1.29 is 14.5 Å². The Morgan fingerprint density at radius 1 is 1.08 bits per heavy atom. The van der Waals surface area contributed by atoms with E-state index in [1.165, 1.54) is 12.1 Å². The summed E-state index contributed by atoms with van der Waals surface area (Å²) in [5.41, 5.74) is 0.670. The summed E-state index contributed by atoms with van der Waals surface area (Å²) in [6.07, 6.45) is 0.